The van der Waals surface area contributed by atoms with Gasteiger partial charge in [-0.3, -0.25) is 4.79 Å². The molecule has 2 N–H and O–H groups in total. The standard InChI is InChI=1S/C10H17NO3/c1-3-8(9(12)13)4-5-10(2)11-6-7-14-10/h6-8,11H,3-5H2,1-2H3,(H,12,13). The zero-order chi connectivity index (χ0) is 10.6. The molecule has 0 aliphatic carbocycles. The predicted octanol–water partition coefficient (Wildman–Crippen LogP) is 1.68. The Balaban J connectivity index is 2.35. The zero-order valence-corrected chi connectivity index (χ0v) is 8.62. The molecule has 1 heterocycles. The van der Waals surface area contributed by atoms with Gasteiger partial charge in [0, 0.05) is 12.6 Å². The van der Waals surface area contributed by atoms with E-state index in [9.17, 15) is 4.79 Å². The highest BCUT2D eigenvalue weighted by Crippen LogP contribution is 2.23. The van der Waals surface area contributed by atoms with Crippen molar-refractivity contribution in [3.8, 4) is 0 Å². The molecule has 0 saturated heterocycles. The van der Waals surface area contributed by atoms with E-state index in [1.807, 2.05) is 13.8 Å². The van der Waals surface area contributed by atoms with E-state index in [1.54, 1.807) is 12.5 Å². The molecule has 0 radical (unpaired) electrons. The van der Waals surface area contributed by atoms with Crippen molar-refractivity contribution in [1.29, 1.82) is 0 Å². The van der Waals surface area contributed by atoms with Crippen LogP contribution in [0.4, 0.5) is 0 Å². The maximum absolute atomic E-state index is 10.8. The van der Waals surface area contributed by atoms with Gasteiger partial charge in [0.15, 0.2) is 5.72 Å². The van der Waals surface area contributed by atoms with Crippen LogP contribution in [0.5, 0.6) is 0 Å². The lowest BCUT2D eigenvalue weighted by Crippen LogP contribution is -2.37. The molecule has 0 aromatic heterocycles. The predicted molar refractivity (Wildman–Crippen MR) is 52.4 cm³/mol. The monoisotopic (exact) mass is 199 g/mol. The minimum absolute atomic E-state index is 0.266. The van der Waals surface area contributed by atoms with E-state index < -0.39 is 11.7 Å². The van der Waals surface area contributed by atoms with Crippen molar-refractivity contribution in [2.45, 2.75) is 38.8 Å². The third-order valence-corrected chi connectivity index (χ3v) is 2.60. The Morgan fingerprint density at radius 1 is 1.71 bits per heavy atom. The first-order valence-electron chi connectivity index (χ1n) is 4.91. The lowest BCUT2D eigenvalue weighted by molar-refractivity contribution is -0.142. The summed E-state index contributed by atoms with van der Waals surface area (Å²) in [6, 6.07) is 0. The van der Waals surface area contributed by atoms with Crippen LogP contribution in [0.25, 0.3) is 0 Å². The van der Waals surface area contributed by atoms with Gasteiger partial charge in [0.05, 0.1) is 5.92 Å². The molecule has 2 unspecified atom stereocenters. The fraction of sp³-hybridized carbons (Fsp3) is 0.700. The van der Waals surface area contributed by atoms with Crippen molar-refractivity contribution in [2.24, 2.45) is 5.92 Å². The number of aliphatic carboxylic acids is 1. The molecule has 0 fully saturated rings. The molecule has 0 saturated carbocycles. The third-order valence-electron chi connectivity index (χ3n) is 2.60. The van der Waals surface area contributed by atoms with Gasteiger partial charge in [0.25, 0.3) is 0 Å². The van der Waals surface area contributed by atoms with Crippen molar-refractivity contribution in [3.63, 3.8) is 0 Å². The van der Waals surface area contributed by atoms with E-state index in [-0.39, 0.29) is 5.92 Å². The summed E-state index contributed by atoms with van der Waals surface area (Å²) in [5.74, 6) is -0.986. The molecule has 14 heavy (non-hydrogen) atoms. The third kappa shape index (κ3) is 2.65. The van der Waals surface area contributed by atoms with Gasteiger partial charge >= 0.3 is 5.97 Å². The van der Waals surface area contributed by atoms with E-state index in [4.69, 9.17) is 9.84 Å². The molecule has 1 aliphatic heterocycles. The Kier molecular flexibility index (Phi) is 3.38. The van der Waals surface area contributed by atoms with E-state index in [2.05, 4.69) is 5.32 Å². The molecule has 1 rings (SSSR count). The number of rotatable bonds is 5. The average Bonchev–Trinajstić information content (AvgIpc) is 2.53. The van der Waals surface area contributed by atoms with Gasteiger partial charge in [-0.2, -0.15) is 0 Å². The van der Waals surface area contributed by atoms with Crippen molar-refractivity contribution >= 4 is 5.97 Å². The second-order valence-corrected chi connectivity index (χ2v) is 3.78. The number of carboxylic acids is 1. The van der Waals surface area contributed by atoms with Crippen molar-refractivity contribution < 1.29 is 14.6 Å². The maximum Gasteiger partial charge on any atom is 0.306 e. The quantitative estimate of drug-likeness (QED) is 0.707. The highest BCUT2D eigenvalue weighted by Gasteiger charge is 2.28. The maximum atomic E-state index is 10.8. The number of carbonyl (C=O) groups is 1. The molecular weight excluding hydrogens is 182 g/mol. The first-order valence-corrected chi connectivity index (χ1v) is 4.91. The van der Waals surface area contributed by atoms with E-state index in [1.165, 1.54) is 0 Å². The van der Waals surface area contributed by atoms with Crippen LogP contribution in [0.3, 0.4) is 0 Å². The van der Waals surface area contributed by atoms with E-state index in [0.29, 0.717) is 19.3 Å². The number of ether oxygens (including phenoxy) is 1. The summed E-state index contributed by atoms with van der Waals surface area (Å²) in [6.07, 6.45) is 5.34. The van der Waals surface area contributed by atoms with Crippen LogP contribution in [-0.2, 0) is 9.53 Å². The first-order chi connectivity index (χ1) is 6.57. The van der Waals surface area contributed by atoms with Gasteiger partial charge in [0.1, 0.15) is 6.26 Å². The largest absolute Gasteiger partial charge is 0.481 e. The summed E-state index contributed by atoms with van der Waals surface area (Å²) in [4.78, 5) is 10.8. The second kappa shape index (κ2) is 4.35. The van der Waals surface area contributed by atoms with Crippen LogP contribution < -0.4 is 5.32 Å². The van der Waals surface area contributed by atoms with Crippen LogP contribution in [-0.4, -0.2) is 16.8 Å². The molecular formula is C10H17NO3. The average molecular weight is 199 g/mol. The lowest BCUT2D eigenvalue weighted by Gasteiger charge is -2.25. The fourth-order valence-electron chi connectivity index (χ4n) is 1.51. The van der Waals surface area contributed by atoms with E-state index in [0.717, 1.165) is 0 Å². The fourth-order valence-corrected chi connectivity index (χ4v) is 1.51. The van der Waals surface area contributed by atoms with E-state index >= 15 is 0 Å². The van der Waals surface area contributed by atoms with Crippen molar-refractivity contribution in [2.75, 3.05) is 0 Å². The Bertz CT molecular complexity index is 230. The lowest BCUT2D eigenvalue weighted by atomic mass is 9.96. The molecule has 0 bridgehead atoms. The number of nitrogens with one attached hydrogen (secondary N) is 1. The summed E-state index contributed by atoms with van der Waals surface area (Å²) >= 11 is 0. The molecule has 0 aromatic rings. The Hall–Kier alpha value is -1.19. The highest BCUT2D eigenvalue weighted by atomic mass is 16.5. The summed E-state index contributed by atoms with van der Waals surface area (Å²) in [6.45, 7) is 3.81. The number of carboxylic acid groups (broad SMARTS) is 1. The molecule has 80 valence electrons. The Morgan fingerprint density at radius 3 is 2.86 bits per heavy atom. The molecule has 0 spiro atoms. The highest BCUT2D eigenvalue weighted by molar-refractivity contribution is 5.69. The van der Waals surface area contributed by atoms with Crippen LogP contribution in [0.15, 0.2) is 12.5 Å². The molecule has 0 amide bonds. The van der Waals surface area contributed by atoms with Crippen LogP contribution in [0, 0.1) is 5.92 Å². The SMILES string of the molecule is CCC(CCC1(C)NC=CO1)C(=O)O. The van der Waals surface area contributed by atoms with Crippen molar-refractivity contribution in [3.05, 3.63) is 12.5 Å². The molecule has 1 aliphatic rings. The summed E-state index contributed by atoms with van der Waals surface area (Å²) in [7, 11) is 0. The van der Waals surface area contributed by atoms with Crippen LogP contribution in [0.1, 0.15) is 33.1 Å². The molecule has 4 nitrogen and oxygen atoms in total. The normalized spacial score (nSPS) is 26.7. The van der Waals surface area contributed by atoms with Gasteiger partial charge in [-0.25, -0.2) is 0 Å². The zero-order valence-electron chi connectivity index (χ0n) is 8.62. The smallest absolute Gasteiger partial charge is 0.306 e. The minimum atomic E-state index is -0.720. The first kappa shape index (κ1) is 10.9. The molecule has 0 aromatic carbocycles. The summed E-state index contributed by atoms with van der Waals surface area (Å²) < 4.78 is 5.33. The van der Waals surface area contributed by atoms with Crippen LogP contribution in [0.2, 0.25) is 0 Å². The molecule has 4 heteroatoms. The van der Waals surface area contributed by atoms with Gasteiger partial charge < -0.3 is 15.2 Å². The number of hydrogen-bond acceptors (Lipinski definition) is 3. The minimum Gasteiger partial charge on any atom is -0.481 e. The van der Waals surface area contributed by atoms with Gasteiger partial charge in [0.2, 0.25) is 0 Å². The summed E-state index contributed by atoms with van der Waals surface area (Å²) in [5, 5.41) is 11.9. The van der Waals surface area contributed by atoms with Crippen LogP contribution >= 0.6 is 0 Å². The Labute approximate surface area is 83.9 Å². The second-order valence-electron chi connectivity index (χ2n) is 3.78. The number of hydrogen-bond donors (Lipinski definition) is 2. The van der Waals surface area contributed by atoms with Gasteiger partial charge in [-0.15, -0.1) is 0 Å². The van der Waals surface area contributed by atoms with Gasteiger partial charge in [-0.1, -0.05) is 6.92 Å². The van der Waals surface area contributed by atoms with Gasteiger partial charge in [-0.05, 0) is 19.8 Å². The molecule has 2 atom stereocenters. The summed E-state index contributed by atoms with van der Waals surface area (Å²) in [5.41, 5.74) is -0.414. The van der Waals surface area contributed by atoms with Crippen molar-refractivity contribution in [1.82, 2.24) is 5.32 Å². The Morgan fingerprint density at radius 2 is 2.43 bits per heavy atom. The topological polar surface area (TPSA) is 58.6 Å².